The minimum absolute atomic E-state index is 0.133. The van der Waals surface area contributed by atoms with Crippen molar-refractivity contribution in [2.24, 2.45) is 0 Å². The van der Waals surface area contributed by atoms with Crippen LogP contribution in [0.2, 0.25) is 0 Å². The van der Waals surface area contributed by atoms with Gasteiger partial charge in [0.1, 0.15) is 28.7 Å². The summed E-state index contributed by atoms with van der Waals surface area (Å²) in [7, 11) is 2.87. The van der Waals surface area contributed by atoms with Crippen LogP contribution in [0.4, 0.5) is 20.2 Å². The Labute approximate surface area is 183 Å². The van der Waals surface area contributed by atoms with E-state index in [1.807, 2.05) is 0 Å². The number of amides is 2. The van der Waals surface area contributed by atoms with Gasteiger partial charge in [0.15, 0.2) is 0 Å². The van der Waals surface area contributed by atoms with Crippen molar-refractivity contribution in [1.82, 2.24) is 0 Å². The van der Waals surface area contributed by atoms with Gasteiger partial charge >= 0.3 is 0 Å². The van der Waals surface area contributed by atoms with E-state index < -0.39 is 29.0 Å². The number of para-hydroxylation sites is 4. The van der Waals surface area contributed by atoms with E-state index in [9.17, 15) is 18.4 Å². The number of methoxy groups -OCH3 is 2. The maximum Gasteiger partial charge on any atom is 0.261 e. The molecule has 0 aliphatic carbocycles. The predicted molar refractivity (Wildman–Crippen MR) is 118 cm³/mol. The van der Waals surface area contributed by atoms with Crippen molar-refractivity contribution in [3.63, 3.8) is 0 Å². The molecule has 0 aliphatic rings. The fraction of sp³-hybridized carbons (Fsp3) is 0.0833. The van der Waals surface area contributed by atoms with E-state index in [1.54, 1.807) is 48.5 Å². The molecule has 0 saturated heterocycles. The van der Waals surface area contributed by atoms with Gasteiger partial charge in [0.2, 0.25) is 0 Å². The van der Waals surface area contributed by atoms with E-state index >= 15 is 0 Å². The first-order valence-corrected chi connectivity index (χ1v) is 9.48. The van der Waals surface area contributed by atoms with E-state index in [0.717, 1.165) is 18.2 Å². The zero-order chi connectivity index (χ0) is 23.1. The van der Waals surface area contributed by atoms with Gasteiger partial charge in [-0.2, -0.15) is 0 Å². The Morgan fingerprint density at radius 1 is 0.781 bits per heavy atom. The summed E-state index contributed by atoms with van der Waals surface area (Å²) in [6, 6.07) is 16.1. The second-order valence-corrected chi connectivity index (χ2v) is 6.53. The molecule has 2 N–H and O–H groups in total. The normalized spacial score (nSPS) is 10.1. The van der Waals surface area contributed by atoms with E-state index in [4.69, 9.17) is 9.47 Å². The third-order valence-corrected chi connectivity index (χ3v) is 4.46. The molecule has 32 heavy (non-hydrogen) atoms. The molecule has 0 spiro atoms. The predicted octanol–water partition coefficient (Wildman–Crippen LogP) is 4.64. The first kappa shape index (κ1) is 22.5. The van der Waals surface area contributed by atoms with Gasteiger partial charge in [-0.25, -0.2) is 8.78 Å². The quantitative estimate of drug-likeness (QED) is 0.320. The third kappa shape index (κ3) is 5.28. The highest BCUT2D eigenvalue weighted by atomic mass is 19.1. The second kappa shape index (κ2) is 10.2. The lowest BCUT2D eigenvalue weighted by Crippen LogP contribution is -2.25. The molecule has 0 aromatic heterocycles. The van der Waals surface area contributed by atoms with Crippen LogP contribution in [0.1, 0.15) is 5.56 Å². The van der Waals surface area contributed by atoms with Crippen molar-refractivity contribution < 1.29 is 27.8 Å². The summed E-state index contributed by atoms with van der Waals surface area (Å²) in [5.74, 6) is -2.58. The Kier molecular flexibility index (Phi) is 7.17. The van der Waals surface area contributed by atoms with Crippen molar-refractivity contribution in [3.8, 4) is 11.5 Å². The maximum atomic E-state index is 14.2. The van der Waals surface area contributed by atoms with Crippen LogP contribution in [-0.4, -0.2) is 26.0 Å². The van der Waals surface area contributed by atoms with Crippen LogP contribution in [0, 0.1) is 11.6 Å². The largest absolute Gasteiger partial charge is 0.495 e. The van der Waals surface area contributed by atoms with Gasteiger partial charge < -0.3 is 20.1 Å². The molecule has 8 heteroatoms. The lowest BCUT2D eigenvalue weighted by Gasteiger charge is -2.14. The van der Waals surface area contributed by atoms with Gasteiger partial charge in [0.25, 0.3) is 11.8 Å². The molecule has 0 aliphatic heterocycles. The van der Waals surface area contributed by atoms with Crippen molar-refractivity contribution >= 4 is 29.3 Å². The molecule has 3 rings (SSSR count). The highest BCUT2D eigenvalue weighted by Gasteiger charge is 2.22. The topological polar surface area (TPSA) is 76.7 Å². The number of rotatable bonds is 7. The summed E-state index contributed by atoms with van der Waals surface area (Å²) in [4.78, 5) is 26.1. The molecule has 164 valence electrons. The minimum atomic E-state index is -0.919. The fourth-order valence-electron chi connectivity index (χ4n) is 2.88. The van der Waals surface area contributed by atoms with Crippen LogP contribution < -0.4 is 20.1 Å². The second-order valence-electron chi connectivity index (χ2n) is 6.53. The van der Waals surface area contributed by atoms with E-state index in [-0.39, 0.29) is 5.56 Å². The van der Waals surface area contributed by atoms with E-state index in [1.165, 1.54) is 14.2 Å². The highest BCUT2D eigenvalue weighted by molar-refractivity contribution is 6.29. The summed E-state index contributed by atoms with van der Waals surface area (Å²) < 4.78 is 38.0. The highest BCUT2D eigenvalue weighted by Crippen LogP contribution is 2.26. The van der Waals surface area contributed by atoms with Gasteiger partial charge in [-0.3, -0.25) is 9.59 Å². The summed E-state index contributed by atoms with van der Waals surface area (Å²) >= 11 is 0. The van der Waals surface area contributed by atoms with Crippen LogP contribution in [0.3, 0.4) is 0 Å². The molecule has 0 bridgehead atoms. The minimum Gasteiger partial charge on any atom is -0.495 e. The standard InChI is InChI=1S/C24H20F2N2O4/c1-31-21-9-5-3-7-19(21)27-23(29)17(13-15-11-12-16(25)14-18(15)26)24(30)28-20-8-4-6-10-22(20)32-2/h3-14H,1-2H3,(H,27,29)(H,28,30). The lowest BCUT2D eigenvalue weighted by atomic mass is 10.1. The van der Waals surface area contributed by atoms with Crippen LogP contribution in [0.25, 0.3) is 6.08 Å². The third-order valence-electron chi connectivity index (χ3n) is 4.46. The molecular formula is C24H20F2N2O4. The summed E-state index contributed by atoms with van der Waals surface area (Å²) in [6.45, 7) is 0. The van der Waals surface area contributed by atoms with Gasteiger partial charge in [-0.15, -0.1) is 0 Å². The summed E-state index contributed by atoms with van der Waals surface area (Å²) in [5.41, 5.74) is 0.0882. The monoisotopic (exact) mass is 438 g/mol. The number of hydrogen-bond donors (Lipinski definition) is 2. The number of hydrogen-bond acceptors (Lipinski definition) is 4. The Morgan fingerprint density at radius 2 is 1.28 bits per heavy atom. The Morgan fingerprint density at radius 3 is 1.75 bits per heavy atom. The van der Waals surface area contributed by atoms with Crippen LogP contribution in [0.5, 0.6) is 11.5 Å². The molecule has 0 heterocycles. The summed E-state index contributed by atoms with van der Waals surface area (Å²) in [5, 5.41) is 5.17. The Balaban J connectivity index is 1.99. The zero-order valence-electron chi connectivity index (χ0n) is 17.3. The number of halogens is 2. The molecule has 6 nitrogen and oxygen atoms in total. The van der Waals surface area contributed by atoms with Crippen molar-refractivity contribution in [1.29, 1.82) is 0 Å². The average Bonchev–Trinajstić information content (AvgIpc) is 2.79. The van der Waals surface area contributed by atoms with Gasteiger partial charge in [-0.1, -0.05) is 24.3 Å². The number of ether oxygens (including phenoxy) is 2. The molecule has 0 radical (unpaired) electrons. The molecule has 2 amide bonds. The molecule has 3 aromatic carbocycles. The Hall–Kier alpha value is -4.20. The lowest BCUT2D eigenvalue weighted by molar-refractivity contribution is -0.118. The van der Waals surface area contributed by atoms with Crippen molar-refractivity contribution in [2.75, 3.05) is 24.9 Å². The first-order chi connectivity index (χ1) is 15.4. The van der Waals surface area contributed by atoms with Crippen molar-refractivity contribution in [3.05, 3.63) is 89.5 Å². The molecule has 0 atom stereocenters. The molecule has 0 unspecified atom stereocenters. The number of benzene rings is 3. The van der Waals surface area contributed by atoms with Crippen LogP contribution in [0.15, 0.2) is 72.3 Å². The first-order valence-electron chi connectivity index (χ1n) is 9.48. The van der Waals surface area contributed by atoms with Crippen LogP contribution in [-0.2, 0) is 9.59 Å². The summed E-state index contributed by atoms with van der Waals surface area (Å²) in [6.07, 6.45) is 1.05. The van der Waals surface area contributed by atoms with E-state index in [0.29, 0.717) is 28.9 Å². The number of nitrogens with one attached hydrogen (secondary N) is 2. The van der Waals surface area contributed by atoms with Gasteiger partial charge in [-0.05, 0) is 42.5 Å². The number of carbonyl (C=O) groups is 2. The number of anilines is 2. The molecule has 0 saturated carbocycles. The number of carbonyl (C=O) groups excluding carboxylic acids is 2. The van der Waals surface area contributed by atoms with Gasteiger partial charge in [0.05, 0.1) is 25.6 Å². The molecule has 0 fully saturated rings. The smallest absolute Gasteiger partial charge is 0.261 e. The molecule has 3 aromatic rings. The fourth-order valence-corrected chi connectivity index (χ4v) is 2.88. The zero-order valence-corrected chi connectivity index (χ0v) is 17.3. The van der Waals surface area contributed by atoms with Crippen LogP contribution >= 0.6 is 0 Å². The maximum absolute atomic E-state index is 14.2. The Bertz CT molecular complexity index is 1110. The van der Waals surface area contributed by atoms with Crippen molar-refractivity contribution in [2.45, 2.75) is 0 Å². The van der Waals surface area contributed by atoms with Gasteiger partial charge in [0, 0.05) is 11.6 Å². The average molecular weight is 438 g/mol. The van der Waals surface area contributed by atoms with E-state index in [2.05, 4.69) is 10.6 Å². The molecular weight excluding hydrogens is 418 g/mol. The SMILES string of the molecule is COc1ccccc1NC(=O)C(=Cc1ccc(F)cc1F)C(=O)Nc1ccccc1OC.